The topological polar surface area (TPSA) is 38.7 Å². The Morgan fingerprint density at radius 3 is 2.73 bits per heavy atom. The highest BCUT2D eigenvalue weighted by molar-refractivity contribution is 4.99. The van der Waals surface area contributed by atoms with E-state index in [1.165, 1.54) is 0 Å². The summed E-state index contributed by atoms with van der Waals surface area (Å²) < 4.78 is 10.5. The summed E-state index contributed by atoms with van der Waals surface area (Å²) in [5.41, 5.74) is 0. The van der Waals surface area contributed by atoms with Crippen molar-refractivity contribution < 1.29 is 14.6 Å². The van der Waals surface area contributed by atoms with Crippen LogP contribution in [-0.4, -0.2) is 29.7 Å². The number of hydrogen-bond acceptors (Lipinski definition) is 3. The Bertz CT molecular complexity index is 180. The summed E-state index contributed by atoms with van der Waals surface area (Å²) in [6.07, 6.45) is 3.76. The molecular weight excluding hydrogens is 144 g/mol. The largest absolute Gasteiger partial charge is 0.378 e. The minimum atomic E-state index is -0.864. The lowest BCUT2D eigenvalue weighted by atomic mass is 10.2. The van der Waals surface area contributed by atoms with Crippen LogP contribution in [0.25, 0.3) is 0 Å². The average molecular weight is 156 g/mol. The minimum absolute atomic E-state index is 0.359. The summed E-state index contributed by atoms with van der Waals surface area (Å²) in [6, 6.07) is 0. The molecule has 0 saturated carbocycles. The first kappa shape index (κ1) is 8.54. The summed E-state index contributed by atoms with van der Waals surface area (Å²) in [7, 11) is 0. The molecule has 0 bridgehead atoms. The van der Waals surface area contributed by atoms with Gasteiger partial charge in [-0.15, -0.1) is 6.42 Å². The maximum atomic E-state index is 9.15. The molecule has 1 heterocycles. The molecule has 11 heavy (non-hydrogen) atoms. The summed E-state index contributed by atoms with van der Waals surface area (Å²) in [5, 5.41) is 9.15. The Morgan fingerprint density at radius 1 is 1.73 bits per heavy atom. The molecule has 0 spiro atoms. The molecule has 0 amide bonds. The van der Waals surface area contributed by atoms with Gasteiger partial charge in [0.05, 0.1) is 6.61 Å². The fraction of sp³-hybridized carbons (Fsp3) is 0.750. The molecule has 1 saturated heterocycles. The van der Waals surface area contributed by atoms with Crippen molar-refractivity contribution in [1.29, 1.82) is 0 Å². The first-order valence-electron chi connectivity index (χ1n) is 3.51. The van der Waals surface area contributed by atoms with Crippen molar-refractivity contribution in [1.82, 2.24) is 0 Å². The van der Waals surface area contributed by atoms with E-state index in [1.54, 1.807) is 13.8 Å². The summed E-state index contributed by atoms with van der Waals surface area (Å²) in [5.74, 6) is 1.59. The van der Waals surface area contributed by atoms with Crippen LogP contribution in [0.1, 0.15) is 13.8 Å². The maximum absolute atomic E-state index is 9.15. The molecule has 1 rings (SSSR count). The van der Waals surface area contributed by atoms with E-state index >= 15 is 0 Å². The molecule has 1 unspecified atom stereocenters. The third-order valence-corrected chi connectivity index (χ3v) is 1.55. The summed E-state index contributed by atoms with van der Waals surface area (Å²) >= 11 is 0. The van der Waals surface area contributed by atoms with Crippen molar-refractivity contribution >= 4 is 0 Å². The van der Waals surface area contributed by atoms with Crippen LogP contribution in [0.15, 0.2) is 0 Å². The molecule has 1 aliphatic heterocycles. The highest BCUT2D eigenvalue weighted by Crippen LogP contribution is 2.23. The number of aliphatic hydroxyl groups is 1. The quantitative estimate of drug-likeness (QED) is 0.548. The van der Waals surface area contributed by atoms with Crippen LogP contribution in [0.3, 0.4) is 0 Å². The normalized spacial score (nSPS) is 31.3. The molecule has 0 aromatic heterocycles. The molecule has 1 N–H and O–H groups in total. The molecule has 2 atom stereocenters. The van der Waals surface area contributed by atoms with Gasteiger partial charge in [-0.2, -0.15) is 0 Å². The van der Waals surface area contributed by atoms with Crippen molar-refractivity contribution in [3.05, 3.63) is 0 Å². The van der Waals surface area contributed by atoms with Gasteiger partial charge in [-0.3, -0.25) is 0 Å². The lowest BCUT2D eigenvalue weighted by Crippen LogP contribution is -2.29. The molecular formula is C8H12O3. The molecule has 62 valence electrons. The van der Waals surface area contributed by atoms with Gasteiger partial charge in [-0.25, -0.2) is 0 Å². The van der Waals surface area contributed by atoms with Gasteiger partial charge >= 0.3 is 0 Å². The van der Waals surface area contributed by atoms with E-state index in [4.69, 9.17) is 21.0 Å². The van der Waals surface area contributed by atoms with Crippen molar-refractivity contribution in [3.63, 3.8) is 0 Å². The van der Waals surface area contributed by atoms with Gasteiger partial charge in [0, 0.05) is 0 Å². The molecule has 0 aromatic rings. The zero-order chi connectivity index (χ0) is 8.48. The Kier molecular flexibility index (Phi) is 2.19. The van der Waals surface area contributed by atoms with Crippen LogP contribution >= 0.6 is 0 Å². The van der Waals surface area contributed by atoms with Crippen molar-refractivity contribution in [2.45, 2.75) is 31.8 Å². The van der Waals surface area contributed by atoms with Crippen LogP contribution in [0.5, 0.6) is 0 Å². The van der Waals surface area contributed by atoms with Crippen LogP contribution in [0.2, 0.25) is 0 Å². The second-order valence-corrected chi connectivity index (χ2v) is 2.98. The first-order valence-corrected chi connectivity index (χ1v) is 3.51. The first-order chi connectivity index (χ1) is 5.05. The predicted molar refractivity (Wildman–Crippen MR) is 39.7 cm³/mol. The number of terminal acetylenes is 1. The Morgan fingerprint density at radius 2 is 2.36 bits per heavy atom. The van der Waals surface area contributed by atoms with Gasteiger partial charge in [0.2, 0.25) is 0 Å². The molecule has 0 aliphatic carbocycles. The van der Waals surface area contributed by atoms with Crippen LogP contribution in [0.4, 0.5) is 0 Å². The highest BCUT2D eigenvalue weighted by Gasteiger charge is 2.35. The van der Waals surface area contributed by atoms with Crippen LogP contribution < -0.4 is 0 Å². The van der Waals surface area contributed by atoms with E-state index in [9.17, 15) is 0 Å². The van der Waals surface area contributed by atoms with E-state index < -0.39 is 11.9 Å². The van der Waals surface area contributed by atoms with Crippen LogP contribution in [-0.2, 0) is 9.47 Å². The van der Waals surface area contributed by atoms with Gasteiger partial charge in [0.1, 0.15) is 12.2 Å². The number of hydrogen-bond donors (Lipinski definition) is 1. The van der Waals surface area contributed by atoms with E-state index in [-0.39, 0.29) is 6.10 Å². The van der Waals surface area contributed by atoms with E-state index in [0.29, 0.717) is 6.61 Å². The molecule has 0 aromatic carbocycles. The average Bonchev–Trinajstić information content (AvgIpc) is 2.29. The Labute approximate surface area is 66.3 Å². The molecule has 0 radical (unpaired) electrons. The van der Waals surface area contributed by atoms with E-state index in [1.807, 2.05) is 0 Å². The highest BCUT2D eigenvalue weighted by atomic mass is 16.7. The van der Waals surface area contributed by atoms with Gasteiger partial charge in [0.15, 0.2) is 5.79 Å². The Hall–Kier alpha value is -0.560. The SMILES string of the molecule is C#CC(O)[C@@H]1COC(C)(C)O1. The van der Waals surface area contributed by atoms with E-state index in [0.717, 1.165) is 0 Å². The minimum Gasteiger partial charge on any atom is -0.378 e. The van der Waals surface area contributed by atoms with Gasteiger partial charge in [0.25, 0.3) is 0 Å². The number of ether oxygens (including phenoxy) is 2. The zero-order valence-electron chi connectivity index (χ0n) is 6.70. The Balaban J connectivity index is 2.50. The predicted octanol–water partition coefficient (Wildman–Crippen LogP) is 0.132. The number of rotatable bonds is 1. The summed E-state index contributed by atoms with van der Waals surface area (Å²) in [4.78, 5) is 0. The standard InChI is InChI=1S/C8H12O3/c1-4-6(9)7-5-10-8(2,3)11-7/h1,6-7,9H,5H2,2-3H3/t6?,7-/m0/s1. The maximum Gasteiger partial charge on any atom is 0.163 e. The van der Waals surface area contributed by atoms with Gasteiger partial charge < -0.3 is 14.6 Å². The van der Waals surface area contributed by atoms with Crippen LogP contribution in [0, 0.1) is 12.3 Å². The summed E-state index contributed by atoms with van der Waals surface area (Å²) in [6.45, 7) is 3.94. The van der Waals surface area contributed by atoms with Crippen molar-refractivity contribution in [2.24, 2.45) is 0 Å². The monoisotopic (exact) mass is 156 g/mol. The van der Waals surface area contributed by atoms with Gasteiger partial charge in [-0.1, -0.05) is 5.92 Å². The van der Waals surface area contributed by atoms with Gasteiger partial charge in [-0.05, 0) is 13.8 Å². The third kappa shape index (κ3) is 1.93. The second-order valence-electron chi connectivity index (χ2n) is 2.98. The molecule has 1 fully saturated rings. The van der Waals surface area contributed by atoms with Crippen molar-refractivity contribution in [3.8, 4) is 12.3 Å². The lowest BCUT2D eigenvalue weighted by molar-refractivity contribution is -0.146. The molecule has 3 heteroatoms. The lowest BCUT2D eigenvalue weighted by Gasteiger charge is -2.17. The van der Waals surface area contributed by atoms with Crippen molar-refractivity contribution in [2.75, 3.05) is 6.61 Å². The second kappa shape index (κ2) is 2.82. The third-order valence-electron chi connectivity index (χ3n) is 1.55. The number of aliphatic hydroxyl groups excluding tert-OH is 1. The molecule has 1 aliphatic rings. The van der Waals surface area contributed by atoms with E-state index in [2.05, 4.69) is 5.92 Å². The smallest absolute Gasteiger partial charge is 0.163 e. The zero-order valence-corrected chi connectivity index (χ0v) is 6.70. The fourth-order valence-corrected chi connectivity index (χ4v) is 0.978. The molecule has 3 nitrogen and oxygen atoms in total. The fourth-order valence-electron chi connectivity index (χ4n) is 0.978.